The van der Waals surface area contributed by atoms with Crippen molar-refractivity contribution in [3.63, 3.8) is 0 Å². The zero-order valence-electron chi connectivity index (χ0n) is 7.72. The van der Waals surface area contributed by atoms with E-state index in [-0.39, 0.29) is 5.75 Å². The van der Waals surface area contributed by atoms with Gasteiger partial charge in [-0.25, -0.2) is 0 Å². The van der Waals surface area contributed by atoms with Crippen molar-refractivity contribution in [2.75, 3.05) is 0 Å². The molecule has 0 aliphatic carbocycles. The number of nitrogens with zero attached hydrogens (tertiary/aromatic N) is 1. The minimum atomic E-state index is 0.222. The van der Waals surface area contributed by atoms with Gasteiger partial charge >= 0.3 is 0 Å². The lowest BCUT2D eigenvalue weighted by molar-refractivity contribution is 0.413. The average molecular weight is 222 g/mol. The Hall–Kier alpha value is -1.74. The van der Waals surface area contributed by atoms with Crippen molar-refractivity contribution in [1.82, 2.24) is 5.16 Å². The van der Waals surface area contributed by atoms with Gasteiger partial charge in [-0.05, 0) is 18.2 Å². The summed E-state index contributed by atoms with van der Waals surface area (Å²) in [5.74, 6) is 0.766. The summed E-state index contributed by atoms with van der Waals surface area (Å²) in [6.45, 7) is 0. The molecule has 0 saturated carbocycles. The standard InChI is InChI=1S/C11H8ClNO2/c12-11-7-9(15-13-11)6-5-8-3-1-2-4-10(8)14/h1-7,14H. The first-order valence-corrected chi connectivity index (χ1v) is 4.72. The molecule has 2 rings (SSSR count). The van der Waals surface area contributed by atoms with Gasteiger partial charge in [0.1, 0.15) is 5.75 Å². The van der Waals surface area contributed by atoms with Crippen LogP contribution < -0.4 is 0 Å². The van der Waals surface area contributed by atoms with E-state index in [1.807, 2.05) is 6.07 Å². The van der Waals surface area contributed by atoms with E-state index in [9.17, 15) is 5.11 Å². The van der Waals surface area contributed by atoms with Crippen LogP contribution in [-0.2, 0) is 0 Å². The van der Waals surface area contributed by atoms with Crippen LogP contribution in [0.3, 0.4) is 0 Å². The van der Waals surface area contributed by atoms with Crippen molar-refractivity contribution < 1.29 is 9.63 Å². The Morgan fingerprint density at radius 2 is 2.07 bits per heavy atom. The van der Waals surface area contributed by atoms with Crippen molar-refractivity contribution in [1.29, 1.82) is 0 Å². The second-order valence-electron chi connectivity index (χ2n) is 2.94. The first-order chi connectivity index (χ1) is 7.25. The summed E-state index contributed by atoms with van der Waals surface area (Å²) in [6.07, 6.45) is 3.42. The first kappa shape index (κ1) is 9.80. The fourth-order valence-corrected chi connectivity index (χ4v) is 1.29. The molecule has 4 heteroatoms. The number of phenols is 1. The molecule has 0 aliphatic heterocycles. The lowest BCUT2D eigenvalue weighted by atomic mass is 10.2. The monoisotopic (exact) mass is 221 g/mol. The Labute approximate surface area is 91.6 Å². The number of aromatic hydroxyl groups is 1. The molecule has 1 heterocycles. The Kier molecular flexibility index (Phi) is 2.74. The summed E-state index contributed by atoms with van der Waals surface area (Å²) in [5.41, 5.74) is 0.713. The number of hydrogen-bond acceptors (Lipinski definition) is 3. The van der Waals surface area contributed by atoms with E-state index in [0.29, 0.717) is 16.5 Å². The van der Waals surface area contributed by atoms with Crippen molar-refractivity contribution in [3.8, 4) is 5.75 Å². The quantitative estimate of drug-likeness (QED) is 0.847. The third-order valence-electron chi connectivity index (χ3n) is 1.86. The van der Waals surface area contributed by atoms with E-state index < -0.39 is 0 Å². The van der Waals surface area contributed by atoms with Gasteiger partial charge in [0.25, 0.3) is 0 Å². The number of hydrogen-bond donors (Lipinski definition) is 1. The zero-order chi connectivity index (χ0) is 10.7. The van der Waals surface area contributed by atoms with Crippen molar-refractivity contribution in [2.45, 2.75) is 0 Å². The van der Waals surface area contributed by atoms with Gasteiger partial charge in [-0.3, -0.25) is 0 Å². The van der Waals surface area contributed by atoms with Gasteiger partial charge in [-0.1, -0.05) is 35.0 Å². The molecule has 0 atom stereocenters. The number of halogens is 1. The minimum absolute atomic E-state index is 0.222. The second kappa shape index (κ2) is 4.19. The summed E-state index contributed by atoms with van der Waals surface area (Å²) in [6, 6.07) is 8.61. The number of benzene rings is 1. The lowest BCUT2D eigenvalue weighted by Gasteiger charge is -1.95. The average Bonchev–Trinajstić information content (AvgIpc) is 2.63. The third kappa shape index (κ3) is 2.39. The van der Waals surface area contributed by atoms with Crippen molar-refractivity contribution >= 4 is 23.8 Å². The van der Waals surface area contributed by atoms with Crippen LogP contribution in [0, 0.1) is 0 Å². The highest BCUT2D eigenvalue weighted by Gasteiger charge is 1.98. The topological polar surface area (TPSA) is 46.3 Å². The second-order valence-corrected chi connectivity index (χ2v) is 3.33. The van der Waals surface area contributed by atoms with Crippen LogP contribution in [-0.4, -0.2) is 10.3 Å². The molecule has 0 saturated heterocycles. The molecule has 1 N–H and O–H groups in total. The van der Waals surface area contributed by atoms with E-state index in [4.69, 9.17) is 16.1 Å². The number of aromatic nitrogens is 1. The molecule has 76 valence electrons. The summed E-state index contributed by atoms with van der Waals surface area (Å²) >= 11 is 5.59. The maximum Gasteiger partial charge on any atom is 0.172 e. The Morgan fingerprint density at radius 3 is 2.73 bits per heavy atom. The molecule has 3 nitrogen and oxygen atoms in total. The predicted molar refractivity (Wildman–Crippen MR) is 58.5 cm³/mol. The minimum Gasteiger partial charge on any atom is -0.507 e. The molecule has 0 amide bonds. The highest BCUT2D eigenvalue weighted by Crippen LogP contribution is 2.19. The normalized spacial score (nSPS) is 11.0. The molecule has 15 heavy (non-hydrogen) atoms. The molecule has 0 unspecified atom stereocenters. The lowest BCUT2D eigenvalue weighted by Crippen LogP contribution is -1.72. The Morgan fingerprint density at radius 1 is 1.27 bits per heavy atom. The SMILES string of the molecule is Oc1ccccc1C=Cc1cc(Cl)no1. The van der Waals surface area contributed by atoms with Gasteiger partial charge in [0, 0.05) is 11.6 Å². The Bertz CT molecular complexity index is 491. The van der Waals surface area contributed by atoms with Crippen LogP contribution in [0.2, 0.25) is 5.15 Å². The smallest absolute Gasteiger partial charge is 0.172 e. The van der Waals surface area contributed by atoms with Gasteiger partial charge in [0.15, 0.2) is 10.9 Å². The Balaban J connectivity index is 2.22. The van der Waals surface area contributed by atoms with Crippen molar-refractivity contribution in [3.05, 3.63) is 46.8 Å². The summed E-state index contributed by atoms with van der Waals surface area (Å²) in [7, 11) is 0. The highest BCUT2D eigenvalue weighted by atomic mass is 35.5. The number of phenolic OH excluding ortho intramolecular Hbond substituents is 1. The van der Waals surface area contributed by atoms with Crippen LogP contribution >= 0.6 is 11.6 Å². The van der Waals surface area contributed by atoms with E-state index in [1.54, 1.807) is 36.4 Å². The van der Waals surface area contributed by atoms with Gasteiger partial charge < -0.3 is 9.63 Å². The van der Waals surface area contributed by atoms with E-state index in [1.165, 1.54) is 0 Å². The fraction of sp³-hybridized carbons (Fsp3) is 0. The van der Waals surface area contributed by atoms with Crippen molar-refractivity contribution in [2.24, 2.45) is 0 Å². The van der Waals surface area contributed by atoms with E-state index in [0.717, 1.165) is 0 Å². The van der Waals surface area contributed by atoms with Gasteiger partial charge in [0.2, 0.25) is 0 Å². The molecular weight excluding hydrogens is 214 g/mol. The third-order valence-corrected chi connectivity index (χ3v) is 2.04. The fourth-order valence-electron chi connectivity index (χ4n) is 1.15. The van der Waals surface area contributed by atoms with E-state index in [2.05, 4.69) is 5.16 Å². The van der Waals surface area contributed by atoms with Crippen LogP contribution in [0.4, 0.5) is 0 Å². The number of rotatable bonds is 2. The van der Waals surface area contributed by atoms with Crippen LogP contribution in [0.25, 0.3) is 12.2 Å². The summed E-state index contributed by atoms with van der Waals surface area (Å²) in [4.78, 5) is 0. The molecule has 0 radical (unpaired) electrons. The van der Waals surface area contributed by atoms with E-state index >= 15 is 0 Å². The van der Waals surface area contributed by atoms with Gasteiger partial charge in [-0.2, -0.15) is 0 Å². The van der Waals surface area contributed by atoms with Gasteiger partial charge in [-0.15, -0.1) is 0 Å². The highest BCUT2D eigenvalue weighted by molar-refractivity contribution is 6.29. The van der Waals surface area contributed by atoms with Gasteiger partial charge in [0.05, 0.1) is 0 Å². The molecule has 2 aromatic rings. The summed E-state index contributed by atoms with van der Waals surface area (Å²) in [5, 5.41) is 13.3. The largest absolute Gasteiger partial charge is 0.507 e. The summed E-state index contributed by atoms with van der Waals surface area (Å²) < 4.78 is 4.88. The van der Waals surface area contributed by atoms with Crippen LogP contribution in [0.5, 0.6) is 5.75 Å². The number of para-hydroxylation sites is 1. The van der Waals surface area contributed by atoms with Crippen LogP contribution in [0.1, 0.15) is 11.3 Å². The predicted octanol–water partition coefficient (Wildman–Crippen LogP) is 3.20. The first-order valence-electron chi connectivity index (χ1n) is 4.34. The molecule has 1 aromatic heterocycles. The maximum atomic E-state index is 9.47. The molecule has 1 aromatic carbocycles. The molecule has 0 bridgehead atoms. The zero-order valence-corrected chi connectivity index (χ0v) is 8.48. The molecule has 0 aliphatic rings. The molecule has 0 spiro atoms. The molecular formula is C11H8ClNO2. The van der Waals surface area contributed by atoms with Crippen LogP contribution in [0.15, 0.2) is 34.9 Å². The maximum absolute atomic E-state index is 9.47. The molecule has 0 fully saturated rings.